The second kappa shape index (κ2) is 7.16. The first-order valence-electron chi connectivity index (χ1n) is 8.69. The Kier molecular flexibility index (Phi) is 4.68. The van der Waals surface area contributed by atoms with Gasteiger partial charge in [0.1, 0.15) is 5.75 Å². The summed E-state index contributed by atoms with van der Waals surface area (Å²) in [6, 6.07) is 12.8. The lowest BCUT2D eigenvalue weighted by atomic mass is 10.0. The number of aromatic amines is 1. The van der Waals surface area contributed by atoms with Crippen LogP contribution in [0.2, 0.25) is 0 Å². The molecule has 0 saturated heterocycles. The van der Waals surface area contributed by atoms with Crippen LogP contribution in [0.3, 0.4) is 0 Å². The summed E-state index contributed by atoms with van der Waals surface area (Å²) in [4.78, 5) is 29.8. The number of hydrogen-bond acceptors (Lipinski definition) is 3. The number of ether oxygens (including phenoxy) is 1. The number of H-pyrrole nitrogens is 1. The van der Waals surface area contributed by atoms with Crippen molar-refractivity contribution >= 4 is 44.3 Å². The van der Waals surface area contributed by atoms with E-state index < -0.39 is 5.97 Å². The van der Waals surface area contributed by atoms with E-state index in [0.717, 1.165) is 16.5 Å². The monoisotopic (exact) mass is 440 g/mol. The number of halogens is 1. The van der Waals surface area contributed by atoms with Crippen molar-refractivity contribution in [2.75, 3.05) is 13.7 Å². The molecule has 28 heavy (non-hydrogen) atoms. The number of nitrogens with one attached hydrogen (secondary N) is 1. The van der Waals surface area contributed by atoms with Crippen molar-refractivity contribution in [3.8, 4) is 5.75 Å². The van der Waals surface area contributed by atoms with Gasteiger partial charge in [0.05, 0.1) is 23.9 Å². The van der Waals surface area contributed by atoms with E-state index in [-0.39, 0.29) is 11.5 Å². The third-order valence-electron chi connectivity index (χ3n) is 4.87. The maximum atomic E-state index is 13.1. The molecule has 0 atom stereocenters. The molecule has 0 unspecified atom stereocenters. The zero-order valence-electron chi connectivity index (χ0n) is 15.0. The Hall–Kier alpha value is -3.06. The lowest BCUT2D eigenvalue weighted by Crippen LogP contribution is -2.28. The van der Waals surface area contributed by atoms with Gasteiger partial charge in [0.25, 0.3) is 5.91 Å². The van der Waals surface area contributed by atoms with Crippen LogP contribution in [0.1, 0.15) is 21.6 Å². The second-order valence-corrected chi connectivity index (χ2v) is 7.32. The number of amides is 1. The molecule has 4 rings (SSSR count). The van der Waals surface area contributed by atoms with Crippen molar-refractivity contribution in [2.24, 2.45) is 0 Å². The van der Waals surface area contributed by atoms with Crippen LogP contribution in [-0.2, 0) is 11.2 Å². The fraction of sp³-hybridized carbons (Fsp3) is 0.143. The van der Waals surface area contributed by atoms with Crippen molar-refractivity contribution in [3.05, 3.63) is 70.0 Å². The Balaban J connectivity index is 1.79. The number of para-hydroxylation sites is 1. The quantitative estimate of drug-likeness (QED) is 0.642. The fourth-order valence-corrected chi connectivity index (χ4v) is 3.90. The van der Waals surface area contributed by atoms with Crippen LogP contribution in [0.5, 0.6) is 5.75 Å². The Morgan fingerprint density at radius 1 is 1.21 bits per heavy atom. The van der Waals surface area contributed by atoms with Crippen LogP contribution in [-0.4, -0.2) is 40.5 Å². The van der Waals surface area contributed by atoms with E-state index in [2.05, 4.69) is 20.9 Å². The molecule has 7 heteroatoms. The minimum Gasteiger partial charge on any atom is -0.497 e. The molecule has 2 heterocycles. The summed E-state index contributed by atoms with van der Waals surface area (Å²) < 4.78 is 5.83. The number of carbonyl (C=O) groups excluding carboxylic acids is 1. The molecule has 0 aliphatic carbocycles. The van der Waals surface area contributed by atoms with Crippen molar-refractivity contribution < 1.29 is 19.4 Å². The maximum Gasteiger partial charge on any atom is 0.339 e. The largest absolute Gasteiger partial charge is 0.497 e. The molecule has 1 amide bonds. The first kappa shape index (κ1) is 18.3. The van der Waals surface area contributed by atoms with E-state index in [1.807, 2.05) is 24.3 Å². The number of hydrogen-bond donors (Lipinski definition) is 2. The van der Waals surface area contributed by atoms with Gasteiger partial charge in [0.2, 0.25) is 0 Å². The van der Waals surface area contributed by atoms with Crippen LogP contribution in [0, 0.1) is 0 Å². The van der Waals surface area contributed by atoms with Gasteiger partial charge in [-0.15, -0.1) is 0 Å². The van der Waals surface area contributed by atoms with Gasteiger partial charge >= 0.3 is 5.97 Å². The second-order valence-electron chi connectivity index (χ2n) is 6.47. The molecule has 0 spiro atoms. The highest BCUT2D eigenvalue weighted by Gasteiger charge is 2.27. The number of aliphatic carboxylic acids is 1. The Labute approximate surface area is 169 Å². The number of carboxylic acids is 1. The molecule has 0 radical (unpaired) electrons. The lowest BCUT2D eigenvalue weighted by molar-refractivity contribution is -0.130. The molecule has 6 nitrogen and oxygen atoms in total. The first-order chi connectivity index (χ1) is 13.5. The molecular weight excluding hydrogens is 424 g/mol. The molecule has 1 aliphatic rings. The summed E-state index contributed by atoms with van der Waals surface area (Å²) in [6.45, 7) is 0.369. The van der Waals surface area contributed by atoms with Gasteiger partial charge in [-0.3, -0.25) is 4.79 Å². The zero-order chi connectivity index (χ0) is 19.8. The fourth-order valence-electron chi connectivity index (χ4n) is 3.48. The summed E-state index contributed by atoms with van der Waals surface area (Å²) in [6.07, 6.45) is 1.96. The molecule has 1 aliphatic heterocycles. The summed E-state index contributed by atoms with van der Waals surface area (Å²) >= 11 is 3.40. The van der Waals surface area contributed by atoms with Crippen LogP contribution < -0.4 is 4.74 Å². The number of aromatic nitrogens is 1. The van der Waals surface area contributed by atoms with E-state index >= 15 is 0 Å². The van der Waals surface area contributed by atoms with Crippen LogP contribution in [0.4, 0.5) is 0 Å². The number of fused-ring (bicyclic) bond motifs is 3. The number of methoxy groups -OCH3 is 1. The molecule has 0 bridgehead atoms. The number of carboxylic acid groups (broad SMARTS) is 1. The highest BCUT2D eigenvalue weighted by Crippen LogP contribution is 2.32. The van der Waals surface area contributed by atoms with Gasteiger partial charge in [0.15, 0.2) is 0 Å². The topological polar surface area (TPSA) is 82.6 Å². The number of benzene rings is 2. The molecular formula is C21H17BrN2O4. The third-order valence-corrected chi connectivity index (χ3v) is 5.56. The predicted molar refractivity (Wildman–Crippen MR) is 109 cm³/mol. The van der Waals surface area contributed by atoms with Crippen molar-refractivity contribution in [3.63, 3.8) is 0 Å². The van der Waals surface area contributed by atoms with Gasteiger partial charge in [-0.2, -0.15) is 0 Å². The summed E-state index contributed by atoms with van der Waals surface area (Å²) in [7, 11) is 1.53. The van der Waals surface area contributed by atoms with E-state index in [4.69, 9.17) is 4.74 Å². The molecule has 0 fully saturated rings. The highest BCUT2D eigenvalue weighted by atomic mass is 79.9. The normalized spacial score (nSPS) is 13.6. The molecule has 3 aromatic rings. The zero-order valence-corrected chi connectivity index (χ0v) is 16.6. The van der Waals surface area contributed by atoms with E-state index in [1.165, 1.54) is 18.2 Å². The summed E-state index contributed by atoms with van der Waals surface area (Å²) in [5.41, 5.74) is 2.82. The van der Waals surface area contributed by atoms with Crippen LogP contribution >= 0.6 is 15.9 Å². The standard InChI is InChI=1S/C21H17BrN2O4/c1-28-12-6-7-17(22)15(10-12)20(25)24-9-8-14-13-4-2-3-5-18(13)23-19(14)16(11-24)21(26)27/h2-7,10-11,23H,8-9H2,1H3,(H,26,27). The van der Waals surface area contributed by atoms with Gasteiger partial charge in [0, 0.05) is 28.1 Å². The Morgan fingerprint density at radius 3 is 2.75 bits per heavy atom. The maximum absolute atomic E-state index is 13.1. The SMILES string of the molecule is COc1ccc(Br)c(C(=O)N2C=C(C(=O)O)c3[nH]c4ccccc4c3CC2)c1. The Bertz CT molecular complexity index is 1130. The predicted octanol–water partition coefficient (Wildman–Crippen LogP) is 4.06. The van der Waals surface area contributed by atoms with Gasteiger partial charge < -0.3 is 19.7 Å². The smallest absolute Gasteiger partial charge is 0.339 e. The van der Waals surface area contributed by atoms with Gasteiger partial charge in [-0.05, 0) is 52.2 Å². The number of nitrogens with zero attached hydrogens (tertiary/aromatic N) is 1. The van der Waals surface area contributed by atoms with E-state index in [0.29, 0.717) is 34.4 Å². The minimum atomic E-state index is -1.09. The summed E-state index contributed by atoms with van der Waals surface area (Å²) in [5, 5.41) is 10.8. The number of rotatable bonds is 3. The highest BCUT2D eigenvalue weighted by molar-refractivity contribution is 9.10. The lowest BCUT2D eigenvalue weighted by Gasteiger charge is -2.18. The average Bonchev–Trinajstić information content (AvgIpc) is 2.95. The summed E-state index contributed by atoms with van der Waals surface area (Å²) in [5.74, 6) is -0.823. The van der Waals surface area contributed by atoms with Crippen molar-refractivity contribution in [2.45, 2.75) is 6.42 Å². The van der Waals surface area contributed by atoms with Crippen LogP contribution in [0.25, 0.3) is 16.5 Å². The Morgan fingerprint density at radius 2 is 2.00 bits per heavy atom. The van der Waals surface area contributed by atoms with Crippen molar-refractivity contribution in [1.82, 2.24) is 9.88 Å². The molecule has 2 N–H and O–H groups in total. The number of carbonyl (C=O) groups is 2. The minimum absolute atomic E-state index is 0.0658. The van der Waals surface area contributed by atoms with Crippen LogP contribution in [0.15, 0.2) is 53.1 Å². The van der Waals surface area contributed by atoms with Gasteiger partial charge in [-0.25, -0.2) is 4.79 Å². The first-order valence-corrected chi connectivity index (χ1v) is 9.48. The van der Waals surface area contributed by atoms with Gasteiger partial charge in [-0.1, -0.05) is 18.2 Å². The third kappa shape index (κ3) is 3.07. The molecule has 2 aromatic carbocycles. The van der Waals surface area contributed by atoms with E-state index in [9.17, 15) is 14.7 Å². The average molecular weight is 441 g/mol. The molecule has 0 saturated carbocycles. The molecule has 142 valence electrons. The van der Waals surface area contributed by atoms with Crippen molar-refractivity contribution in [1.29, 1.82) is 0 Å². The molecule has 1 aromatic heterocycles. The van der Waals surface area contributed by atoms with E-state index in [1.54, 1.807) is 18.2 Å².